The van der Waals surface area contributed by atoms with Crippen molar-refractivity contribution >= 4 is 16.5 Å². The van der Waals surface area contributed by atoms with Crippen LogP contribution in [0.15, 0.2) is 0 Å². The van der Waals surface area contributed by atoms with Crippen LogP contribution in [0.1, 0.15) is 37.8 Å². The van der Waals surface area contributed by atoms with E-state index in [2.05, 4.69) is 16.8 Å². The van der Waals surface area contributed by atoms with E-state index in [1.807, 2.05) is 20.9 Å². The van der Waals surface area contributed by atoms with E-state index in [1.165, 1.54) is 0 Å². The third-order valence-electron chi connectivity index (χ3n) is 2.60. The average molecular weight is 272 g/mol. The van der Waals surface area contributed by atoms with Gasteiger partial charge >= 0.3 is 0 Å². The van der Waals surface area contributed by atoms with E-state index in [4.69, 9.17) is 4.74 Å². The van der Waals surface area contributed by atoms with Crippen molar-refractivity contribution in [1.29, 1.82) is 0 Å². The molecule has 0 radical (unpaired) electrons. The standard InChI is InChI=1S/C13H24N2O2S/c1-5-6-11-12(9-16)18-13(14-11)15(4)7-8-17-10(2)3/h10,16H,5-9H2,1-4H3. The molecule has 0 saturated carbocycles. The van der Waals surface area contributed by atoms with Crippen molar-refractivity contribution in [2.75, 3.05) is 25.1 Å². The molecule has 0 saturated heterocycles. The first-order chi connectivity index (χ1) is 8.58. The molecule has 0 spiro atoms. The molecule has 0 aliphatic rings. The third kappa shape index (κ3) is 4.55. The van der Waals surface area contributed by atoms with Crippen LogP contribution in [0, 0.1) is 0 Å². The summed E-state index contributed by atoms with van der Waals surface area (Å²) in [5.74, 6) is 0. The van der Waals surface area contributed by atoms with Gasteiger partial charge in [-0.15, -0.1) is 0 Å². The fourth-order valence-electron chi connectivity index (χ4n) is 1.61. The van der Waals surface area contributed by atoms with Crippen molar-refractivity contribution in [2.45, 2.75) is 46.3 Å². The van der Waals surface area contributed by atoms with Crippen LogP contribution in [0.3, 0.4) is 0 Å². The number of thiazole rings is 1. The van der Waals surface area contributed by atoms with Gasteiger partial charge in [-0.2, -0.15) is 0 Å². The van der Waals surface area contributed by atoms with Gasteiger partial charge in [-0.25, -0.2) is 4.98 Å². The molecule has 0 atom stereocenters. The Bertz CT molecular complexity index is 353. The molecule has 104 valence electrons. The summed E-state index contributed by atoms with van der Waals surface area (Å²) in [5.41, 5.74) is 1.04. The Morgan fingerprint density at radius 1 is 1.44 bits per heavy atom. The maximum absolute atomic E-state index is 9.32. The lowest BCUT2D eigenvalue weighted by Gasteiger charge is -2.16. The number of hydrogen-bond acceptors (Lipinski definition) is 5. The van der Waals surface area contributed by atoms with Crippen molar-refractivity contribution in [3.05, 3.63) is 10.6 Å². The molecule has 5 heteroatoms. The number of rotatable bonds is 8. The second-order valence-electron chi connectivity index (χ2n) is 4.62. The monoisotopic (exact) mass is 272 g/mol. The van der Waals surface area contributed by atoms with E-state index in [-0.39, 0.29) is 12.7 Å². The summed E-state index contributed by atoms with van der Waals surface area (Å²) in [5, 5.41) is 10.3. The molecule has 0 aliphatic carbocycles. The first kappa shape index (κ1) is 15.4. The second-order valence-corrected chi connectivity index (χ2v) is 5.68. The molecule has 18 heavy (non-hydrogen) atoms. The Labute approximate surface area is 114 Å². The summed E-state index contributed by atoms with van der Waals surface area (Å²) in [7, 11) is 2.01. The van der Waals surface area contributed by atoms with Crippen LogP contribution in [0.5, 0.6) is 0 Å². The number of aliphatic hydroxyl groups excluding tert-OH is 1. The molecule has 0 aromatic carbocycles. The van der Waals surface area contributed by atoms with Gasteiger partial charge in [-0.1, -0.05) is 24.7 Å². The Hall–Kier alpha value is -0.650. The minimum Gasteiger partial charge on any atom is -0.391 e. The van der Waals surface area contributed by atoms with Crippen LogP contribution in [0.2, 0.25) is 0 Å². The molecule has 0 unspecified atom stereocenters. The molecule has 1 heterocycles. The van der Waals surface area contributed by atoms with Crippen LogP contribution < -0.4 is 4.90 Å². The Kier molecular flexibility index (Phi) is 6.60. The number of aryl methyl sites for hydroxylation is 1. The molecular weight excluding hydrogens is 248 g/mol. The minimum atomic E-state index is 0.0866. The highest BCUT2D eigenvalue weighted by Gasteiger charge is 2.12. The zero-order chi connectivity index (χ0) is 13.5. The molecule has 0 aliphatic heterocycles. The molecule has 1 N–H and O–H groups in total. The summed E-state index contributed by atoms with van der Waals surface area (Å²) in [4.78, 5) is 7.68. The maximum Gasteiger partial charge on any atom is 0.185 e. The van der Waals surface area contributed by atoms with Crippen molar-refractivity contribution in [2.24, 2.45) is 0 Å². The fraction of sp³-hybridized carbons (Fsp3) is 0.769. The fourth-order valence-corrected chi connectivity index (χ4v) is 2.56. The molecular formula is C13H24N2O2S. The summed E-state index contributed by atoms with van der Waals surface area (Å²) >= 11 is 1.58. The lowest BCUT2D eigenvalue weighted by molar-refractivity contribution is 0.0846. The van der Waals surface area contributed by atoms with E-state index in [9.17, 15) is 5.11 Å². The van der Waals surface area contributed by atoms with Gasteiger partial charge in [-0.05, 0) is 20.3 Å². The largest absolute Gasteiger partial charge is 0.391 e. The van der Waals surface area contributed by atoms with Gasteiger partial charge in [0.2, 0.25) is 0 Å². The highest BCUT2D eigenvalue weighted by atomic mass is 32.1. The molecule has 1 rings (SSSR count). The first-order valence-electron chi connectivity index (χ1n) is 6.50. The molecule has 0 amide bonds. The molecule has 1 aromatic rings. The van der Waals surface area contributed by atoms with Crippen LogP contribution >= 0.6 is 11.3 Å². The van der Waals surface area contributed by atoms with Crippen LogP contribution in [0.4, 0.5) is 5.13 Å². The molecule has 4 nitrogen and oxygen atoms in total. The number of aromatic nitrogens is 1. The summed E-state index contributed by atoms with van der Waals surface area (Å²) in [6.45, 7) is 7.80. The zero-order valence-electron chi connectivity index (χ0n) is 11.8. The lowest BCUT2D eigenvalue weighted by Crippen LogP contribution is -2.23. The normalized spacial score (nSPS) is 11.2. The van der Waals surface area contributed by atoms with Gasteiger partial charge in [0, 0.05) is 13.6 Å². The van der Waals surface area contributed by atoms with Gasteiger partial charge < -0.3 is 14.7 Å². The van der Waals surface area contributed by atoms with Crippen molar-refractivity contribution < 1.29 is 9.84 Å². The summed E-state index contributed by atoms with van der Waals surface area (Å²) in [6.07, 6.45) is 2.25. The lowest BCUT2D eigenvalue weighted by atomic mass is 10.2. The van der Waals surface area contributed by atoms with E-state index in [0.717, 1.165) is 35.1 Å². The maximum atomic E-state index is 9.32. The van der Waals surface area contributed by atoms with E-state index < -0.39 is 0 Å². The van der Waals surface area contributed by atoms with Crippen LogP contribution in [-0.4, -0.2) is 36.4 Å². The second kappa shape index (κ2) is 7.71. The van der Waals surface area contributed by atoms with Gasteiger partial charge in [0.15, 0.2) is 5.13 Å². The van der Waals surface area contributed by atoms with Gasteiger partial charge in [0.1, 0.15) is 0 Å². The minimum absolute atomic E-state index is 0.0866. The summed E-state index contributed by atoms with van der Waals surface area (Å²) < 4.78 is 5.53. The first-order valence-corrected chi connectivity index (χ1v) is 7.32. The van der Waals surface area contributed by atoms with E-state index in [1.54, 1.807) is 11.3 Å². The number of nitrogens with zero attached hydrogens (tertiary/aromatic N) is 2. The Morgan fingerprint density at radius 2 is 2.17 bits per heavy atom. The van der Waals surface area contributed by atoms with Gasteiger partial charge in [0.05, 0.1) is 29.9 Å². The average Bonchev–Trinajstić information content (AvgIpc) is 2.72. The quantitative estimate of drug-likeness (QED) is 0.789. The van der Waals surface area contributed by atoms with E-state index >= 15 is 0 Å². The number of likely N-dealkylation sites (N-methyl/N-ethyl adjacent to an activating group) is 1. The van der Waals surface area contributed by atoms with Gasteiger partial charge in [-0.3, -0.25) is 0 Å². The molecule has 0 bridgehead atoms. The topological polar surface area (TPSA) is 45.6 Å². The Morgan fingerprint density at radius 3 is 2.72 bits per heavy atom. The SMILES string of the molecule is CCCc1nc(N(C)CCOC(C)C)sc1CO. The van der Waals surface area contributed by atoms with Gasteiger partial charge in [0.25, 0.3) is 0 Å². The summed E-state index contributed by atoms with van der Waals surface area (Å²) in [6, 6.07) is 0. The zero-order valence-corrected chi connectivity index (χ0v) is 12.6. The predicted octanol–water partition coefficient (Wildman–Crippen LogP) is 2.45. The Balaban J connectivity index is 2.59. The number of hydrogen-bond donors (Lipinski definition) is 1. The highest BCUT2D eigenvalue weighted by Crippen LogP contribution is 2.26. The number of aliphatic hydroxyl groups is 1. The van der Waals surface area contributed by atoms with Crippen LogP contribution in [-0.2, 0) is 17.8 Å². The smallest absolute Gasteiger partial charge is 0.185 e. The highest BCUT2D eigenvalue weighted by molar-refractivity contribution is 7.15. The molecule has 0 fully saturated rings. The van der Waals surface area contributed by atoms with Crippen molar-refractivity contribution in [3.8, 4) is 0 Å². The van der Waals surface area contributed by atoms with Crippen molar-refractivity contribution in [1.82, 2.24) is 4.98 Å². The van der Waals surface area contributed by atoms with E-state index in [0.29, 0.717) is 6.61 Å². The number of ether oxygens (including phenoxy) is 1. The third-order valence-corrected chi connectivity index (χ3v) is 3.80. The number of anilines is 1. The predicted molar refractivity (Wildman–Crippen MR) is 76.4 cm³/mol. The van der Waals surface area contributed by atoms with Crippen molar-refractivity contribution in [3.63, 3.8) is 0 Å². The molecule has 1 aromatic heterocycles. The van der Waals surface area contributed by atoms with Crippen LogP contribution in [0.25, 0.3) is 0 Å².